The molecule has 2 unspecified atom stereocenters. The van der Waals surface area contributed by atoms with E-state index in [0.29, 0.717) is 28.7 Å². The van der Waals surface area contributed by atoms with E-state index in [1.807, 2.05) is 19.2 Å². The molecule has 2 atom stereocenters. The Bertz CT molecular complexity index is 926. The van der Waals surface area contributed by atoms with Gasteiger partial charge in [0, 0.05) is 16.7 Å². The second-order valence-corrected chi connectivity index (χ2v) is 8.60. The molecule has 6 nitrogen and oxygen atoms in total. The molecule has 0 bridgehead atoms. The highest BCUT2D eigenvalue weighted by molar-refractivity contribution is 7.98. The van der Waals surface area contributed by atoms with Gasteiger partial charge in [0.15, 0.2) is 0 Å². The molecule has 2 amide bonds. The predicted octanol–water partition coefficient (Wildman–Crippen LogP) is 4.74. The van der Waals surface area contributed by atoms with Crippen LogP contribution in [0.2, 0.25) is 10.0 Å². The molecule has 2 aromatic carbocycles. The molecule has 168 valence electrons. The maximum absolute atomic E-state index is 13.0. The lowest BCUT2D eigenvalue weighted by Gasteiger charge is -2.23. The molecule has 0 aliphatic carbocycles. The largest absolute Gasteiger partial charge is 0.497 e. The summed E-state index contributed by atoms with van der Waals surface area (Å²) in [6.07, 6.45) is 2.41. The Morgan fingerprint density at radius 1 is 1.06 bits per heavy atom. The molecule has 0 radical (unpaired) electrons. The molecule has 2 aromatic rings. The van der Waals surface area contributed by atoms with Crippen LogP contribution in [0, 0.1) is 0 Å². The Morgan fingerprint density at radius 2 is 1.81 bits per heavy atom. The van der Waals surface area contributed by atoms with Gasteiger partial charge in [0.1, 0.15) is 17.5 Å². The van der Waals surface area contributed by atoms with Crippen LogP contribution in [0.25, 0.3) is 0 Å². The number of amides is 2. The van der Waals surface area contributed by atoms with Crippen molar-refractivity contribution in [3.63, 3.8) is 0 Å². The molecule has 31 heavy (non-hydrogen) atoms. The van der Waals surface area contributed by atoms with Crippen molar-refractivity contribution in [3.05, 3.63) is 57.6 Å². The van der Waals surface area contributed by atoms with Gasteiger partial charge in [0.05, 0.1) is 30.8 Å². The number of carbonyl (C=O) groups excluding carboxylic acids is 2. The summed E-state index contributed by atoms with van der Waals surface area (Å²) in [6.45, 7) is 1.85. The molecule has 0 saturated carbocycles. The topological polar surface area (TPSA) is 76.7 Å². The molecule has 9 heteroatoms. The summed E-state index contributed by atoms with van der Waals surface area (Å²) in [6, 6.07) is 8.94. The molecular weight excluding hydrogens is 459 g/mol. The fourth-order valence-electron chi connectivity index (χ4n) is 2.98. The third-order valence-corrected chi connectivity index (χ3v) is 5.87. The van der Waals surface area contributed by atoms with Gasteiger partial charge in [-0.2, -0.15) is 11.8 Å². The normalized spacial score (nSPS) is 12.6. The van der Waals surface area contributed by atoms with Crippen LogP contribution in [-0.4, -0.2) is 44.1 Å². The van der Waals surface area contributed by atoms with E-state index in [-0.39, 0.29) is 22.5 Å². The lowest BCUT2D eigenvalue weighted by atomic mass is 10.1. The Balaban J connectivity index is 2.16. The van der Waals surface area contributed by atoms with Crippen LogP contribution >= 0.6 is 35.0 Å². The zero-order valence-corrected chi connectivity index (χ0v) is 20.2. The first kappa shape index (κ1) is 25.2. The van der Waals surface area contributed by atoms with Crippen LogP contribution in [0.5, 0.6) is 11.5 Å². The molecule has 0 aliphatic heterocycles. The van der Waals surface area contributed by atoms with Crippen molar-refractivity contribution >= 4 is 46.8 Å². The van der Waals surface area contributed by atoms with Gasteiger partial charge in [-0.15, -0.1) is 0 Å². The predicted molar refractivity (Wildman–Crippen MR) is 127 cm³/mol. The average Bonchev–Trinajstić information content (AvgIpc) is 2.75. The molecular formula is C22H26Cl2N2O4S. The number of benzene rings is 2. The van der Waals surface area contributed by atoms with Crippen LogP contribution < -0.4 is 20.1 Å². The van der Waals surface area contributed by atoms with Gasteiger partial charge in [-0.25, -0.2) is 0 Å². The van der Waals surface area contributed by atoms with Gasteiger partial charge in [0.25, 0.3) is 5.91 Å². The number of carbonyl (C=O) groups is 2. The van der Waals surface area contributed by atoms with Gasteiger partial charge in [-0.1, -0.05) is 23.2 Å². The Morgan fingerprint density at radius 3 is 2.42 bits per heavy atom. The van der Waals surface area contributed by atoms with Gasteiger partial charge in [-0.3, -0.25) is 9.59 Å². The van der Waals surface area contributed by atoms with Crippen molar-refractivity contribution in [3.8, 4) is 11.5 Å². The van der Waals surface area contributed by atoms with Crippen molar-refractivity contribution in [2.24, 2.45) is 0 Å². The number of halogens is 2. The minimum absolute atomic E-state index is 0.227. The van der Waals surface area contributed by atoms with Crippen molar-refractivity contribution in [2.75, 3.05) is 26.2 Å². The third kappa shape index (κ3) is 6.95. The van der Waals surface area contributed by atoms with Gasteiger partial charge in [0.2, 0.25) is 5.91 Å². The molecule has 2 N–H and O–H groups in total. The SMILES string of the molecule is COc1ccc(C(C)NC(=O)C(CCSC)NC(=O)c2ccc(Cl)cc2Cl)c(OC)c1. The van der Waals surface area contributed by atoms with Crippen LogP contribution in [0.3, 0.4) is 0 Å². The smallest absolute Gasteiger partial charge is 0.253 e. The van der Waals surface area contributed by atoms with E-state index in [9.17, 15) is 9.59 Å². The van der Waals surface area contributed by atoms with E-state index in [0.717, 1.165) is 5.56 Å². The Kier molecular flexibility index (Phi) is 9.81. The minimum Gasteiger partial charge on any atom is -0.497 e. The lowest BCUT2D eigenvalue weighted by molar-refractivity contribution is -0.123. The minimum atomic E-state index is -0.724. The van der Waals surface area contributed by atoms with E-state index < -0.39 is 11.9 Å². The highest BCUT2D eigenvalue weighted by Gasteiger charge is 2.24. The summed E-state index contributed by atoms with van der Waals surface area (Å²) in [5.74, 6) is 1.23. The first-order valence-electron chi connectivity index (χ1n) is 9.57. The standard InChI is InChI=1S/C22H26Cl2N2O4S/c1-13(16-8-6-15(29-2)12-20(16)30-3)25-22(28)19(9-10-31-4)26-21(27)17-7-5-14(23)11-18(17)24/h5-8,11-13,19H,9-10H2,1-4H3,(H,25,28)(H,26,27). The summed E-state index contributed by atoms with van der Waals surface area (Å²) in [5, 5.41) is 6.41. The van der Waals surface area contributed by atoms with Gasteiger partial charge >= 0.3 is 0 Å². The fourth-order valence-corrected chi connectivity index (χ4v) is 3.95. The maximum atomic E-state index is 13.0. The highest BCUT2D eigenvalue weighted by Crippen LogP contribution is 2.29. The van der Waals surface area contributed by atoms with Crippen molar-refractivity contribution in [2.45, 2.75) is 25.4 Å². The zero-order valence-electron chi connectivity index (χ0n) is 17.8. The van der Waals surface area contributed by atoms with E-state index >= 15 is 0 Å². The first-order chi connectivity index (χ1) is 14.8. The monoisotopic (exact) mass is 484 g/mol. The zero-order chi connectivity index (χ0) is 23.0. The number of thioether (sulfide) groups is 1. The van der Waals surface area contributed by atoms with Crippen molar-refractivity contribution < 1.29 is 19.1 Å². The lowest BCUT2D eigenvalue weighted by Crippen LogP contribution is -2.47. The fraction of sp³-hybridized carbons (Fsp3) is 0.364. The van der Waals surface area contributed by atoms with Crippen molar-refractivity contribution in [1.29, 1.82) is 0 Å². The first-order valence-corrected chi connectivity index (χ1v) is 11.7. The Hall–Kier alpha value is -2.09. The van der Waals surface area contributed by atoms with E-state index in [4.69, 9.17) is 32.7 Å². The van der Waals surface area contributed by atoms with E-state index in [1.54, 1.807) is 44.2 Å². The summed E-state index contributed by atoms with van der Waals surface area (Å²) in [4.78, 5) is 25.7. The highest BCUT2D eigenvalue weighted by atomic mass is 35.5. The van der Waals surface area contributed by atoms with Crippen molar-refractivity contribution in [1.82, 2.24) is 10.6 Å². The number of nitrogens with one attached hydrogen (secondary N) is 2. The molecule has 0 spiro atoms. The van der Waals surface area contributed by atoms with Crippen LogP contribution in [0.15, 0.2) is 36.4 Å². The van der Waals surface area contributed by atoms with Crippen LogP contribution in [-0.2, 0) is 4.79 Å². The number of hydrogen-bond acceptors (Lipinski definition) is 5. The average molecular weight is 485 g/mol. The van der Waals surface area contributed by atoms with E-state index in [2.05, 4.69) is 10.6 Å². The number of rotatable bonds is 10. The molecule has 0 aromatic heterocycles. The van der Waals surface area contributed by atoms with Gasteiger partial charge in [-0.05, 0) is 55.7 Å². The molecule has 0 aliphatic rings. The number of methoxy groups -OCH3 is 2. The number of ether oxygens (including phenoxy) is 2. The quantitative estimate of drug-likeness (QED) is 0.509. The second kappa shape index (κ2) is 12.1. The molecule has 2 rings (SSSR count). The van der Waals surface area contributed by atoms with Crippen LogP contribution in [0.4, 0.5) is 0 Å². The van der Waals surface area contributed by atoms with E-state index in [1.165, 1.54) is 12.1 Å². The number of hydrogen-bond donors (Lipinski definition) is 2. The summed E-state index contributed by atoms with van der Waals surface area (Å²) in [5.41, 5.74) is 1.06. The van der Waals surface area contributed by atoms with Crippen LogP contribution in [0.1, 0.15) is 35.3 Å². The molecule has 0 saturated heterocycles. The third-order valence-electron chi connectivity index (χ3n) is 4.67. The molecule has 0 fully saturated rings. The summed E-state index contributed by atoms with van der Waals surface area (Å²) < 4.78 is 10.7. The second-order valence-electron chi connectivity index (χ2n) is 6.77. The summed E-state index contributed by atoms with van der Waals surface area (Å²) in [7, 11) is 3.13. The maximum Gasteiger partial charge on any atom is 0.253 e. The summed E-state index contributed by atoms with van der Waals surface area (Å²) >= 11 is 13.6. The van der Waals surface area contributed by atoms with Gasteiger partial charge < -0.3 is 20.1 Å². The molecule has 0 heterocycles. The Labute approximate surface area is 197 Å².